The second-order valence-electron chi connectivity index (χ2n) is 3.35. The third-order valence-corrected chi connectivity index (χ3v) is 2.01. The fraction of sp³-hybridized carbons (Fsp3) is 0.545. The molecule has 5 heteroatoms. The minimum absolute atomic E-state index is 0.0361. The van der Waals surface area contributed by atoms with Gasteiger partial charge in [-0.3, -0.25) is 4.79 Å². The van der Waals surface area contributed by atoms with E-state index in [1.54, 1.807) is 19.4 Å². The lowest BCUT2D eigenvalue weighted by molar-refractivity contribution is -0.126. The molecule has 0 aliphatic carbocycles. The van der Waals surface area contributed by atoms with Gasteiger partial charge in [0.15, 0.2) is 0 Å². The highest BCUT2D eigenvalue weighted by Crippen LogP contribution is 2.11. The molecule has 0 bridgehead atoms. The zero-order chi connectivity index (χ0) is 11.8. The van der Waals surface area contributed by atoms with Crippen LogP contribution in [0.4, 0.5) is 0 Å². The van der Waals surface area contributed by atoms with Crippen LogP contribution in [0.25, 0.3) is 0 Å². The molecule has 0 spiro atoms. The normalized spacial score (nSPS) is 12.4. The summed E-state index contributed by atoms with van der Waals surface area (Å²) in [5.74, 6) is 0.560. The summed E-state index contributed by atoms with van der Waals surface area (Å²) >= 11 is 0. The first-order chi connectivity index (χ1) is 7.74. The third kappa shape index (κ3) is 4.46. The van der Waals surface area contributed by atoms with Crippen LogP contribution in [0, 0.1) is 0 Å². The van der Waals surface area contributed by atoms with Crippen LogP contribution in [0.15, 0.2) is 22.8 Å². The Morgan fingerprint density at radius 1 is 1.56 bits per heavy atom. The van der Waals surface area contributed by atoms with Gasteiger partial charge in [0.2, 0.25) is 5.91 Å². The molecule has 1 unspecified atom stereocenters. The van der Waals surface area contributed by atoms with E-state index in [1.807, 2.05) is 13.0 Å². The molecular weight excluding hydrogens is 210 g/mol. The number of rotatable bonds is 7. The van der Waals surface area contributed by atoms with Crippen molar-refractivity contribution in [3.05, 3.63) is 24.2 Å². The van der Waals surface area contributed by atoms with Crippen molar-refractivity contribution < 1.29 is 18.7 Å². The number of ether oxygens (including phenoxy) is 2. The van der Waals surface area contributed by atoms with Gasteiger partial charge in [0, 0.05) is 7.11 Å². The van der Waals surface area contributed by atoms with Crippen LogP contribution in [-0.4, -0.2) is 32.8 Å². The minimum atomic E-state index is -0.167. The maximum atomic E-state index is 11.4. The summed E-state index contributed by atoms with van der Waals surface area (Å²) in [7, 11) is 1.59. The predicted molar refractivity (Wildman–Crippen MR) is 58.0 cm³/mol. The van der Waals surface area contributed by atoms with Crippen LogP contribution in [0.1, 0.15) is 18.7 Å². The average molecular weight is 227 g/mol. The molecule has 1 amide bonds. The Hall–Kier alpha value is -1.33. The number of nitrogens with one attached hydrogen (secondary N) is 1. The van der Waals surface area contributed by atoms with Gasteiger partial charge in [-0.2, -0.15) is 0 Å². The summed E-state index contributed by atoms with van der Waals surface area (Å²) in [6.07, 6.45) is 1.58. The van der Waals surface area contributed by atoms with Gasteiger partial charge in [-0.15, -0.1) is 0 Å². The number of hydrogen-bond donors (Lipinski definition) is 1. The van der Waals surface area contributed by atoms with Crippen molar-refractivity contribution in [3.63, 3.8) is 0 Å². The zero-order valence-electron chi connectivity index (χ0n) is 9.56. The van der Waals surface area contributed by atoms with Gasteiger partial charge in [-0.25, -0.2) is 0 Å². The molecule has 1 atom stereocenters. The van der Waals surface area contributed by atoms with E-state index in [9.17, 15) is 4.79 Å². The third-order valence-electron chi connectivity index (χ3n) is 2.01. The maximum absolute atomic E-state index is 11.4. The van der Waals surface area contributed by atoms with E-state index in [1.165, 1.54) is 0 Å². The van der Waals surface area contributed by atoms with Crippen molar-refractivity contribution in [2.45, 2.75) is 13.0 Å². The first kappa shape index (κ1) is 12.7. The van der Waals surface area contributed by atoms with Crippen molar-refractivity contribution in [2.24, 2.45) is 0 Å². The first-order valence-electron chi connectivity index (χ1n) is 5.13. The molecule has 16 heavy (non-hydrogen) atoms. The lowest BCUT2D eigenvalue weighted by Gasteiger charge is -2.11. The SMILES string of the molecule is COCCOCC(=O)NC(C)c1ccco1. The van der Waals surface area contributed by atoms with Gasteiger partial charge >= 0.3 is 0 Å². The van der Waals surface area contributed by atoms with E-state index in [4.69, 9.17) is 13.9 Å². The van der Waals surface area contributed by atoms with Crippen LogP contribution in [0.3, 0.4) is 0 Å². The molecule has 5 nitrogen and oxygen atoms in total. The van der Waals surface area contributed by atoms with Gasteiger partial charge in [-0.05, 0) is 19.1 Å². The van der Waals surface area contributed by atoms with Crippen LogP contribution in [0.2, 0.25) is 0 Å². The number of amides is 1. The monoisotopic (exact) mass is 227 g/mol. The van der Waals surface area contributed by atoms with Gasteiger partial charge < -0.3 is 19.2 Å². The van der Waals surface area contributed by atoms with E-state index in [0.29, 0.717) is 13.2 Å². The molecule has 90 valence electrons. The second-order valence-corrected chi connectivity index (χ2v) is 3.35. The molecule has 1 aromatic heterocycles. The van der Waals surface area contributed by atoms with Crippen molar-refractivity contribution in [2.75, 3.05) is 26.9 Å². The molecule has 1 heterocycles. The number of carbonyl (C=O) groups is 1. The number of hydrogen-bond acceptors (Lipinski definition) is 4. The fourth-order valence-electron chi connectivity index (χ4n) is 1.20. The summed E-state index contributed by atoms with van der Waals surface area (Å²) in [5.41, 5.74) is 0. The fourth-order valence-corrected chi connectivity index (χ4v) is 1.20. The number of methoxy groups -OCH3 is 1. The lowest BCUT2D eigenvalue weighted by Crippen LogP contribution is -2.30. The molecule has 1 aromatic rings. The van der Waals surface area contributed by atoms with Crippen molar-refractivity contribution in [1.82, 2.24) is 5.32 Å². The van der Waals surface area contributed by atoms with Crippen molar-refractivity contribution in [3.8, 4) is 0 Å². The van der Waals surface area contributed by atoms with E-state index in [2.05, 4.69) is 5.32 Å². The molecule has 0 aromatic carbocycles. The van der Waals surface area contributed by atoms with Gasteiger partial charge in [0.1, 0.15) is 12.4 Å². The Labute approximate surface area is 94.7 Å². The molecule has 0 radical (unpaired) electrons. The van der Waals surface area contributed by atoms with E-state index in [0.717, 1.165) is 5.76 Å². The van der Waals surface area contributed by atoms with Gasteiger partial charge in [0.05, 0.1) is 25.5 Å². The Morgan fingerprint density at radius 2 is 2.38 bits per heavy atom. The smallest absolute Gasteiger partial charge is 0.246 e. The summed E-state index contributed by atoms with van der Waals surface area (Å²) in [4.78, 5) is 11.4. The highest BCUT2D eigenvalue weighted by molar-refractivity contribution is 5.77. The average Bonchev–Trinajstić information content (AvgIpc) is 2.77. The lowest BCUT2D eigenvalue weighted by atomic mass is 10.2. The topological polar surface area (TPSA) is 60.7 Å². The highest BCUT2D eigenvalue weighted by Gasteiger charge is 2.11. The largest absolute Gasteiger partial charge is 0.467 e. The van der Waals surface area contributed by atoms with Crippen molar-refractivity contribution >= 4 is 5.91 Å². The van der Waals surface area contributed by atoms with E-state index in [-0.39, 0.29) is 18.6 Å². The second kappa shape index (κ2) is 7.03. The van der Waals surface area contributed by atoms with Crippen LogP contribution in [-0.2, 0) is 14.3 Å². The Bertz CT molecular complexity index is 297. The Kier molecular flexibility index (Phi) is 5.60. The summed E-state index contributed by atoms with van der Waals surface area (Å²) < 4.78 is 15.0. The minimum Gasteiger partial charge on any atom is -0.467 e. The Balaban J connectivity index is 2.19. The first-order valence-corrected chi connectivity index (χ1v) is 5.13. The number of furan rings is 1. The molecule has 1 rings (SSSR count). The Morgan fingerprint density at radius 3 is 3.00 bits per heavy atom. The molecule has 1 N–H and O–H groups in total. The van der Waals surface area contributed by atoms with E-state index >= 15 is 0 Å². The molecular formula is C11H17NO4. The molecule has 0 fully saturated rings. The van der Waals surface area contributed by atoms with Crippen LogP contribution < -0.4 is 5.32 Å². The molecule has 0 saturated carbocycles. The summed E-state index contributed by atoms with van der Waals surface area (Å²) in [5, 5.41) is 2.76. The number of carbonyl (C=O) groups excluding carboxylic acids is 1. The molecule has 0 aliphatic heterocycles. The highest BCUT2D eigenvalue weighted by atomic mass is 16.5. The van der Waals surface area contributed by atoms with Gasteiger partial charge in [0.25, 0.3) is 0 Å². The van der Waals surface area contributed by atoms with E-state index < -0.39 is 0 Å². The molecule has 0 aliphatic rings. The van der Waals surface area contributed by atoms with Crippen LogP contribution in [0.5, 0.6) is 0 Å². The van der Waals surface area contributed by atoms with Crippen LogP contribution >= 0.6 is 0 Å². The standard InChI is InChI=1S/C11H17NO4/c1-9(10-4-3-5-16-10)12-11(13)8-15-7-6-14-2/h3-5,9H,6-8H2,1-2H3,(H,12,13). The summed E-state index contributed by atoms with van der Waals surface area (Å²) in [6, 6.07) is 3.46. The zero-order valence-corrected chi connectivity index (χ0v) is 9.56. The predicted octanol–water partition coefficient (Wildman–Crippen LogP) is 1.12. The van der Waals surface area contributed by atoms with Crippen molar-refractivity contribution in [1.29, 1.82) is 0 Å². The van der Waals surface area contributed by atoms with Gasteiger partial charge in [-0.1, -0.05) is 0 Å². The summed E-state index contributed by atoms with van der Waals surface area (Å²) in [6.45, 7) is 2.79. The maximum Gasteiger partial charge on any atom is 0.246 e. The molecule has 0 saturated heterocycles. The quantitative estimate of drug-likeness (QED) is 0.709.